The van der Waals surface area contributed by atoms with Gasteiger partial charge in [-0.05, 0) is 45.1 Å². The highest BCUT2D eigenvalue weighted by atomic mass is 32.2. The molecule has 0 aliphatic heterocycles. The summed E-state index contributed by atoms with van der Waals surface area (Å²) in [6, 6.07) is 0. The second-order valence-electron chi connectivity index (χ2n) is 7.20. The summed E-state index contributed by atoms with van der Waals surface area (Å²) in [6.45, 7) is 6.46. The Morgan fingerprint density at radius 2 is 2.12 bits per heavy atom. The lowest BCUT2D eigenvalue weighted by Gasteiger charge is -2.18. The normalized spacial score (nSPS) is 14.5. The fraction of sp³-hybridized carbons (Fsp3) is 0.667. The van der Waals surface area contributed by atoms with Crippen molar-refractivity contribution in [3.8, 4) is 0 Å². The van der Waals surface area contributed by atoms with E-state index in [1.807, 2.05) is 4.57 Å². The summed E-state index contributed by atoms with van der Waals surface area (Å²) in [5.41, 5.74) is 0.590. The molecular formula is C18H26N2O2S2. The van der Waals surface area contributed by atoms with Gasteiger partial charge >= 0.3 is 0 Å². The van der Waals surface area contributed by atoms with Crippen LogP contribution in [0, 0.1) is 0 Å². The number of rotatable bonds is 7. The van der Waals surface area contributed by atoms with Gasteiger partial charge in [0.15, 0.2) is 5.16 Å². The van der Waals surface area contributed by atoms with E-state index in [-0.39, 0.29) is 5.56 Å². The summed E-state index contributed by atoms with van der Waals surface area (Å²) in [4.78, 5) is 20.2. The average Bonchev–Trinajstić information content (AvgIpc) is 3.07. The zero-order chi connectivity index (χ0) is 17.3. The Balaban J connectivity index is 2.03. The molecule has 0 atom stereocenters. The highest BCUT2D eigenvalue weighted by Gasteiger charge is 2.24. The molecule has 2 aromatic heterocycles. The van der Waals surface area contributed by atoms with Gasteiger partial charge in [-0.2, -0.15) is 0 Å². The number of thioether (sulfide) groups is 1. The first-order valence-electron chi connectivity index (χ1n) is 8.81. The maximum absolute atomic E-state index is 13.1. The van der Waals surface area contributed by atoms with Crippen molar-refractivity contribution in [1.82, 2.24) is 9.55 Å². The van der Waals surface area contributed by atoms with Crippen molar-refractivity contribution in [2.45, 2.75) is 76.6 Å². The summed E-state index contributed by atoms with van der Waals surface area (Å²) < 4.78 is 1.85. The number of aromatic nitrogens is 2. The highest BCUT2D eigenvalue weighted by molar-refractivity contribution is 7.99. The standard InChI is InChI=1S/C18H26N2O2S2/c1-4-5-6-10-20-16(21)14-12-8-7-9-13(12)24-15(14)19-17(20)23-11-18(2,3)22/h22H,4-11H2,1-3H3. The maximum Gasteiger partial charge on any atom is 0.263 e. The fourth-order valence-corrected chi connectivity index (χ4v) is 5.40. The van der Waals surface area contributed by atoms with Crippen LogP contribution in [-0.4, -0.2) is 26.0 Å². The van der Waals surface area contributed by atoms with Crippen LogP contribution in [0.25, 0.3) is 10.2 Å². The van der Waals surface area contributed by atoms with Crippen molar-refractivity contribution in [1.29, 1.82) is 0 Å². The van der Waals surface area contributed by atoms with Crippen LogP contribution >= 0.6 is 23.1 Å². The molecule has 0 radical (unpaired) electrons. The van der Waals surface area contributed by atoms with Gasteiger partial charge in [0, 0.05) is 17.2 Å². The minimum absolute atomic E-state index is 0.119. The molecule has 1 aliphatic carbocycles. The van der Waals surface area contributed by atoms with E-state index in [1.165, 1.54) is 22.2 Å². The van der Waals surface area contributed by atoms with E-state index in [9.17, 15) is 9.90 Å². The Labute approximate surface area is 151 Å². The van der Waals surface area contributed by atoms with Crippen LogP contribution in [0.1, 0.15) is 56.9 Å². The number of hydrogen-bond donors (Lipinski definition) is 1. The Bertz CT molecular complexity index is 787. The summed E-state index contributed by atoms with van der Waals surface area (Å²) in [5, 5.41) is 11.6. The third-order valence-electron chi connectivity index (χ3n) is 4.33. The van der Waals surface area contributed by atoms with Crippen molar-refractivity contribution < 1.29 is 5.11 Å². The SMILES string of the molecule is CCCCCn1c(SCC(C)(C)O)nc2sc3c(c2c1=O)CCC3. The zero-order valence-electron chi connectivity index (χ0n) is 14.7. The van der Waals surface area contributed by atoms with Gasteiger partial charge < -0.3 is 5.11 Å². The van der Waals surface area contributed by atoms with E-state index in [0.717, 1.165) is 53.9 Å². The summed E-state index contributed by atoms with van der Waals surface area (Å²) in [6.07, 6.45) is 6.48. The van der Waals surface area contributed by atoms with Gasteiger partial charge in [0.05, 0.1) is 11.0 Å². The Hall–Kier alpha value is -0.850. The molecule has 0 aromatic carbocycles. The average molecular weight is 367 g/mol. The molecule has 0 fully saturated rings. The molecule has 0 spiro atoms. The number of fused-ring (bicyclic) bond motifs is 3. The molecule has 0 bridgehead atoms. The van der Waals surface area contributed by atoms with E-state index in [1.54, 1.807) is 25.2 Å². The lowest BCUT2D eigenvalue weighted by atomic mass is 10.2. The van der Waals surface area contributed by atoms with Gasteiger partial charge in [0.1, 0.15) is 4.83 Å². The Morgan fingerprint density at radius 1 is 1.33 bits per heavy atom. The van der Waals surface area contributed by atoms with Crippen molar-refractivity contribution in [3.63, 3.8) is 0 Å². The number of unbranched alkanes of at least 4 members (excludes halogenated alkanes) is 2. The number of aryl methyl sites for hydroxylation is 2. The van der Waals surface area contributed by atoms with Gasteiger partial charge in [-0.3, -0.25) is 9.36 Å². The molecule has 6 heteroatoms. The molecule has 1 N–H and O–H groups in total. The maximum atomic E-state index is 13.1. The van der Waals surface area contributed by atoms with Crippen LogP contribution in [0.3, 0.4) is 0 Å². The van der Waals surface area contributed by atoms with E-state index >= 15 is 0 Å². The molecule has 0 saturated carbocycles. The van der Waals surface area contributed by atoms with E-state index in [0.29, 0.717) is 12.3 Å². The molecule has 132 valence electrons. The van der Waals surface area contributed by atoms with Crippen molar-refractivity contribution in [2.24, 2.45) is 0 Å². The first kappa shape index (κ1) is 18.0. The van der Waals surface area contributed by atoms with Crippen LogP contribution < -0.4 is 5.56 Å². The molecule has 24 heavy (non-hydrogen) atoms. The molecule has 0 amide bonds. The minimum Gasteiger partial charge on any atom is -0.390 e. The topological polar surface area (TPSA) is 55.1 Å². The molecule has 4 nitrogen and oxygen atoms in total. The highest BCUT2D eigenvalue weighted by Crippen LogP contribution is 2.35. The molecule has 2 heterocycles. The fourth-order valence-electron chi connectivity index (χ4n) is 3.13. The number of nitrogens with zero attached hydrogens (tertiary/aromatic N) is 2. The predicted octanol–water partition coefficient (Wildman–Crippen LogP) is 4.00. The number of thiophene rings is 1. The molecule has 0 unspecified atom stereocenters. The Morgan fingerprint density at radius 3 is 2.83 bits per heavy atom. The Kier molecular flexibility index (Phi) is 5.37. The van der Waals surface area contributed by atoms with Crippen LogP contribution in [-0.2, 0) is 19.4 Å². The molecule has 2 aromatic rings. The molecule has 1 aliphatic rings. The van der Waals surface area contributed by atoms with E-state index in [4.69, 9.17) is 4.98 Å². The van der Waals surface area contributed by atoms with Crippen LogP contribution in [0.4, 0.5) is 0 Å². The van der Waals surface area contributed by atoms with Gasteiger partial charge in [-0.1, -0.05) is 31.5 Å². The lowest BCUT2D eigenvalue weighted by Crippen LogP contribution is -2.26. The third-order valence-corrected chi connectivity index (χ3v) is 6.94. The van der Waals surface area contributed by atoms with Gasteiger partial charge in [0.25, 0.3) is 5.56 Å². The van der Waals surface area contributed by atoms with Crippen LogP contribution in [0.15, 0.2) is 9.95 Å². The number of aliphatic hydroxyl groups is 1. The second-order valence-corrected chi connectivity index (χ2v) is 9.22. The molecule has 0 saturated heterocycles. The molecular weight excluding hydrogens is 340 g/mol. The van der Waals surface area contributed by atoms with Crippen LogP contribution in [0.5, 0.6) is 0 Å². The third kappa shape index (κ3) is 3.70. The summed E-state index contributed by atoms with van der Waals surface area (Å²) >= 11 is 3.18. The summed E-state index contributed by atoms with van der Waals surface area (Å²) in [5.74, 6) is 0.532. The molecule has 3 rings (SSSR count). The van der Waals surface area contributed by atoms with Gasteiger partial charge in [0.2, 0.25) is 0 Å². The van der Waals surface area contributed by atoms with Crippen molar-refractivity contribution >= 4 is 33.3 Å². The first-order chi connectivity index (χ1) is 11.4. The van der Waals surface area contributed by atoms with Crippen molar-refractivity contribution in [2.75, 3.05) is 5.75 Å². The second kappa shape index (κ2) is 7.18. The van der Waals surface area contributed by atoms with E-state index in [2.05, 4.69) is 6.92 Å². The largest absolute Gasteiger partial charge is 0.390 e. The minimum atomic E-state index is -0.775. The van der Waals surface area contributed by atoms with Gasteiger partial charge in [-0.15, -0.1) is 11.3 Å². The summed E-state index contributed by atoms with van der Waals surface area (Å²) in [7, 11) is 0. The number of hydrogen-bond acceptors (Lipinski definition) is 5. The zero-order valence-corrected chi connectivity index (χ0v) is 16.4. The smallest absolute Gasteiger partial charge is 0.263 e. The van der Waals surface area contributed by atoms with E-state index < -0.39 is 5.60 Å². The quantitative estimate of drug-likeness (QED) is 0.457. The first-order valence-corrected chi connectivity index (χ1v) is 10.6. The van der Waals surface area contributed by atoms with Crippen LogP contribution in [0.2, 0.25) is 0 Å². The predicted molar refractivity (Wildman–Crippen MR) is 102 cm³/mol. The van der Waals surface area contributed by atoms with Gasteiger partial charge in [-0.25, -0.2) is 4.98 Å². The monoisotopic (exact) mass is 366 g/mol. The van der Waals surface area contributed by atoms with Crippen molar-refractivity contribution in [3.05, 3.63) is 20.8 Å². The lowest BCUT2D eigenvalue weighted by molar-refractivity contribution is 0.107.